The van der Waals surface area contributed by atoms with E-state index in [-0.39, 0.29) is 24.3 Å². The van der Waals surface area contributed by atoms with Crippen LogP contribution in [0.2, 0.25) is 0 Å². The van der Waals surface area contributed by atoms with Gasteiger partial charge in [-0.05, 0) is 50.8 Å². The summed E-state index contributed by atoms with van der Waals surface area (Å²) in [4.78, 5) is 53.5. The normalized spacial score (nSPS) is 22.0. The summed E-state index contributed by atoms with van der Waals surface area (Å²) >= 11 is 1.43. The highest BCUT2D eigenvalue weighted by atomic mass is 32.1. The molecule has 3 aliphatic heterocycles. The average molecular weight is 432 g/mol. The first-order chi connectivity index (χ1) is 14.1. The van der Waals surface area contributed by atoms with Gasteiger partial charge < -0.3 is 14.5 Å². The molecule has 4 amide bonds. The van der Waals surface area contributed by atoms with Crippen molar-refractivity contribution in [2.24, 2.45) is 0 Å². The summed E-state index contributed by atoms with van der Waals surface area (Å²) in [5.74, 6) is -0.834. The number of hydrogen-bond donors (Lipinski definition) is 1. The van der Waals surface area contributed by atoms with Crippen molar-refractivity contribution in [3.63, 3.8) is 0 Å². The third kappa shape index (κ3) is 3.98. The van der Waals surface area contributed by atoms with Crippen LogP contribution in [-0.2, 0) is 20.9 Å². The zero-order valence-corrected chi connectivity index (χ0v) is 18.1. The number of nitrogens with one attached hydrogen (secondary N) is 1. The lowest BCUT2D eigenvalue weighted by atomic mass is 10.0. The summed E-state index contributed by atoms with van der Waals surface area (Å²) in [6.07, 6.45) is 3.01. The van der Waals surface area contributed by atoms with E-state index in [2.05, 4.69) is 5.32 Å². The second-order valence-corrected chi connectivity index (χ2v) is 9.82. The van der Waals surface area contributed by atoms with E-state index in [9.17, 15) is 19.2 Å². The largest absolute Gasteiger partial charge is 0.444 e. The highest BCUT2D eigenvalue weighted by Gasteiger charge is 2.40. The van der Waals surface area contributed by atoms with Gasteiger partial charge in [0.25, 0.3) is 5.91 Å². The van der Waals surface area contributed by atoms with Gasteiger partial charge in [-0.1, -0.05) is 6.08 Å². The SMILES string of the molecule is CC(C)(C)OC(=O)N1CC=C(c2cc3c(s2)C(=O)N(C2CCC(=O)NC2=O)C3)CC1. The first-order valence-electron chi connectivity index (χ1n) is 10.1. The minimum atomic E-state index is -0.588. The van der Waals surface area contributed by atoms with Crippen LogP contribution < -0.4 is 5.32 Å². The first-order valence-corrected chi connectivity index (χ1v) is 10.9. The number of imide groups is 1. The van der Waals surface area contributed by atoms with E-state index < -0.39 is 17.6 Å². The number of piperidine rings is 1. The Hall–Kier alpha value is -2.68. The summed E-state index contributed by atoms with van der Waals surface area (Å²) in [6.45, 7) is 6.96. The smallest absolute Gasteiger partial charge is 0.410 e. The molecule has 1 N–H and O–H groups in total. The maximum absolute atomic E-state index is 12.9. The Balaban J connectivity index is 1.43. The van der Waals surface area contributed by atoms with Crippen LogP contribution in [0, 0.1) is 0 Å². The van der Waals surface area contributed by atoms with Gasteiger partial charge in [0.15, 0.2) is 0 Å². The maximum Gasteiger partial charge on any atom is 0.410 e. The van der Waals surface area contributed by atoms with Gasteiger partial charge in [-0.3, -0.25) is 19.7 Å². The molecular formula is C21H25N3O5S. The van der Waals surface area contributed by atoms with E-state index in [0.717, 1.165) is 16.0 Å². The number of fused-ring (bicyclic) bond motifs is 1. The van der Waals surface area contributed by atoms with Crippen LogP contribution in [-0.4, -0.2) is 58.3 Å². The number of rotatable bonds is 2. The molecule has 160 valence electrons. The van der Waals surface area contributed by atoms with E-state index in [0.29, 0.717) is 37.4 Å². The third-order valence-electron chi connectivity index (χ3n) is 5.37. The Morgan fingerprint density at radius 1 is 1.23 bits per heavy atom. The van der Waals surface area contributed by atoms with Crippen LogP contribution in [0.5, 0.6) is 0 Å². The van der Waals surface area contributed by atoms with Crippen molar-refractivity contribution < 1.29 is 23.9 Å². The maximum atomic E-state index is 12.9. The van der Waals surface area contributed by atoms with Gasteiger partial charge in [0, 0.05) is 30.9 Å². The van der Waals surface area contributed by atoms with E-state index in [1.54, 1.807) is 9.80 Å². The molecule has 0 aliphatic carbocycles. The van der Waals surface area contributed by atoms with Crippen molar-refractivity contribution >= 4 is 40.7 Å². The molecule has 1 unspecified atom stereocenters. The van der Waals surface area contributed by atoms with Gasteiger partial charge in [-0.15, -0.1) is 11.3 Å². The quantitative estimate of drug-likeness (QED) is 0.726. The van der Waals surface area contributed by atoms with E-state index in [1.807, 2.05) is 32.9 Å². The molecule has 1 fully saturated rings. The molecule has 4 rings (SSSR count). The number of ether oxygens (including phenoxy) is 1. The van der Waals surface area contributed by atoms with E-state index in [1.165, 1.54) is 11.3 Å². The fraction of sp³-hybridized carbons (Fsp3) is 0.524. The molecule has 0 bridgehead atoms. The molecule has 0 aromatic carbocycles. The van der Waals surface area contributed by atoms with Gasteiger partial charge in [0.2, 0.25) is 11.8 Å². The predicted octanol–water partition coefficient (Wildman–Crippen LogP) is 2.53. The van der Waals surface area contributed by atoms with Crippen molar-refractivity contribution in [2.45, 2.75) is 58.2 Å². The second kappa shape index (κ2) is 7.54. The third-order valence-corrected chi connectivity index (χ3v) is 6.61. The number of thiophene rings is 1. The molecule has 1 aromatic heterocycles. The molecule has 0 radical (unpaired) electrons. The molecule has 1 saturated heterocycles. The Labute approximate surface area is 178 Å². The average Bonchev–Trinajstić information content (AvgIpc) is 3.20. The Morgan fingerprint density at radius 2 is 2.00 bits per heavy atom. The van der Waals surface area contributed by atoms with Crippen LogP contribution in [0.4, 0.5) is 4.79 Å². The van der Waals surface area contributed by atoms with Crippen LogP contribution in [0.15, 0.2) is 12.1 Å². The highest BCUT2D eigenvalue weighted by Crippen LogP contribution is 2.38. The lowest BCUT2D eigenvalue weighted by molar-refractivity contribution is -0.136. The van der Waals surface area contributed by atoms with E-state index in [4.69, 9.17) is 4.74 Å². The Kier molecular flexibility index (Phi) is 5.17. The fourth-order valence-electron chi connectivity index (χ4n) is 3.89. The molecule has 8 nitrogen and oxygen atoms in total. The van der Waals surface area contributed by atoms with Crippen molar-refractivity contribution in [3.8, 4) is 0 Å². The lowest BCUT2D eigenvalue weighted by Crippen LogP contribution is -2.52. The number of carbonyl (C=O) groups excluding carboxylic acids is 4. The topological polar surface area (TPSA) is 96.0 Å². The van der Waals surface area contributed by atoms with Crippen LogP contribution in [0.1, 0.15) is 60.1 Å². The number of hydrogen-bond acceptors (Lipinski definition) is 6. The molecule has 9 heteroatoms. The summed E-state index contributed by atoms with van der Waals surface area (Å²) in [6, 6.07) is 1.42. The van der Waals surface area contributed by atoms with Gasteiger partial charge in [-0.2, -0.15) is 0 Å². The molecule has 0 saturated carbocycles. The summed E-state index contributed by atoms with van der Waals surface area (Å²) in [5.41, 5.74) is 1.51. The molecule has 1 atom stereocenters. The Bertz CT molecular complexity index is 958. The standard InChI is InChI=1S/C21H25N3O5S/c1-21(2,3)29-20(28)23-8-6-12(7-9-23)15-10-13-11-24(19(27)17(13)30-15)14-4-5-16(25)22-18(14)26/h6,10,14H,4-5,7-9,11H2,1-3H3,(H,22,25,26). The summed E-state index contributed by atoms with van der Waals surface area (Å²) < 4.78 is 5.42. The number of carbonyl (C=O) groups is 4. The summed E-state index contributed by atoms with van der Waals surface area (Å²) in [7, 11) is 0. The first kappa shape index (κ1) is 20.6. The molecular weight excluding hydrogens is 406 g/mol. The van der Waals surface area contributed by atoms with Crippen molar-refractivity contribution in [1.29, 1.82) is 0 Å². The van der Waals surface area contributed by atoms with Crippen LogP contribution in [0.25, 0.3) is 5.57 Å². The number of nitrogens with zero attached hydrogens (tertiary/aromatic N) is 2. The predicted molar refractivity (Wildman–Crippen MR) is 111 cm³/mol. The van der Waals surface area contributed by atoms with Gasteiger partial charge in [0.1, 0.15) is 11.6 Å². The minimum Gasteiger partial charge on any atom is -0.444 e. The Morgan fingerprint density at radius 3 is 2.60 bits per heavy atom. The van der Waals surface area contributed by atoms with Crippen molar-refractivity contribution in [1.82, 2.24) is 15.1 Å². The van der Waals surface area contributed by atoms with Crippen LogP contribution >= 0.6 is 11.3 Å². The molecule has 30 heavy (non-hydrogen) atoms. The van der Waals surface area contributed by atoms with Crippen LogP contribution in [0.3, 0.4) is 0 Å². The van der Waals surface area contributed by atoms with Gasteiger partial charge >= 0.3 is 6.09 Å². The zero-order valence-electron chi connectivity index (χ0n) is 17.3. The van der Waals surface area contributed by atoms with Gasteiger partial charge in [0.05, 0.1) is 4.88 Å². The minimum absolute atomic E-state index is 0.150. The fourth-order valence-corrected chi connectivity index (χ4v) is 5.08. The zero-order chi connectivity index (χ0) is 21.6. The van der Waals surface area contributed by atoms with Gasteiger partial charge in [-0.25, -0.2) is 4.79 Å². The monoisotopic (exact) mass is 431 g/mol. The molecule has 3 aliphatic rings. The molecule has 0 spiro atoms. The van der Waals surface area contributed by atoms with E-state index >= 15 is 0 Å². The second-order valence-electron chi connectivity index (χ2n) is 8.77. The van der Waals surface area contributed by atoms with Crippen molar-refractivity contribution in [2.75, 3.05) is 13.1 Å². The molecule has 1 aromatic rings. The number of amides is 4. The molecule has 4 heterocycles. The highest BCUT2D eigenvalue weighted by molar-refractivity contribution is 7.15. The van der Waals surface area contributed by atoms with Crippen molar-refractivity contribution in [3.05, 3.63) is 27.5 Å². The summed E-state index contributed by atoms with van der Waals surface area (Å²) in [5, 5.41) is 2.32. The lowest BCUT2D eigenvalue weighted by Gasteiger charge is -2.30.